The summed E-state index contributed by atoms with van der Waals surface area (Å²) in [5.74, 6) is -27.0. The van der Waals surface area contributed by atoms with Gasteiger partial charge in [0.1, 0.15) is 25.3 Å². The second kappa shape index (κ2) is 29.1. The summed E-state index contributed by atoms with van der Waals surface area (Å²) in [6.45, 7) is 13.2. The smallest absolute Gasteiger partial charge is 0.305 e. The number of benzene rings is 4. The van der Waals surface area contributed by atoms with Gasteiger partial charge in [0.05, 0.1) is 37.8 Å². The van der Waals surface area contributed by atoms with Gasteiger partial charge in [-0.1, -0.05) is 104 Å². The van der Waals surface area contributed by atoms with Crippen molar-refractivity contribution in [1.82, 2.24) is 30.2 Å². The number of carbonyl (C=O) groups is 6. The number of hydrogen-bond donors (Lipinski definition) is 4. The number of aliphatic carboxylic acids is 2. The fraction of sp³-hybridized carbons (Fsp3) is 0.367. The van der Waals surface area contributed by atoms with E-state index in [9.17, 15) is 83.7 Å². The third-order valence-electron chi connectivity index (χ3n) is 13.4. The van der Waals surface area contributed by atoms with Crippen LogP contribution in [0, 0.1) is 46.5 Å². The summed E-state index contributed by atoms with van der Waals surface area (Å²) in [5.41, 5.74) is 2.18. The number of carboxylic acids is 2. The molecule has 2 aromatic heterocycles. The first-order chi connectivity index (χ1) is 40.3. The van der Waals surface area contributed by atoms with E-state index in [-0.39, 0.29) is 60.0 Å². The Morgan fingerprint density at radius 2 is 0.837 bits per heavy atom. The van der Waals surface area contributed by atoms with Gasteiger partial charge in [0.2, 0.25) is 35.1 Å². The van der Waals surface area contributed by atoms with Crippen LogP contribution < -0.4 is 31.2 Å². The highest BCUT2D eigenvalue weighted by molar-refractivity contribution is 5.95. The lowest BCUT2D eigenvalue weighted by Crippen LogP contribution is -2.46. The molecule has 0 saturated carbocycles. The molecule has 2 amide bonds. The second-order valence-corrected chi connectivity index (χ2v) is 21.7. The number of ether oxygens (including phenoxy) is 2. The van der Waals surface area contributed by atoms with Gasteiger partial charge in [-0.05, 0) is 58.1 Å². The first-order valence-corrected chi connectivity index (χ1v) is 26.6. The number of nitrogens with one attached hydrogen (secondary N) is 2. The van der Waals surface area contributed by atoms with E-state index in [1.54, 1.807) is 13.8 Å². The monoisotopic (exact) mass is 1210 g/mol. The first kappa shape index (κ1) is 67.7. The molecule has 0 fully saturated rings. The lowest BCUT2D eigenvalue weighted by Gasteiger charge is -2.23. The lowest BCUT2D eigenvalue weighted by molar-refractivity contribution is -0.141. The maximum atomic E-state index is 13.9. The molecule has 4 atom stereocenters. The lowest BCUT2D eigenvalue weighted by atomic mass is 9.84. The molecule has 0 aliphatic rings. The second-order valence-electron chi connectivity index (χ2n) is 21.7. The summed E-state index contributed by atoms with van der Waals surface area (Å²) in [6, 6.07) is 14.2. The molecule has 0 saturated heterocycles. The van der Waals surface area contributed by atoms with E-state index in [0.29, 0.717) is 0 Å². The standard InChI is InChI=1S/2C30H31F4N3O6/c2*1-5-17(18-10-11-35-37(29(18)42)14-16-8-6-7-9-19(16)30(2,3)4)28(41)36-22(13-24(39)40)23(38)15-43-27-25(33)20(31)12-21(32)26(27)34/h2*6-12,17,22H,5,13-15H2,1-4H3,(H,36,41)(H,39,40)/t17-,22+;17-,22-/m10/s1. The predicted molar refractivity (Wildman–Crippen MR) is 293 cm³/mol. The quantitative estimate of drug-likeness (QED) is 0.0328. The highest BCUT2D eigenvalue weighted by Gasteiger charge is 2.33. The van der Waals surface area contributed by atoms with Crippen LogP contribution in [0.2, 0.25) is 0 Å². The number of carboxylic acid groups (broad SMARTS) is 2. The third-order valence-corrected chi connectivity index (χ3v) is 13.4. The Morgan fingerprint density at radius 3 is 1.13 bits per heavy atom. The summed E-state index contributed by atoms with van der Waals surface area (Å²) in [5, 5.41) is 31.4. The highest BCUT2D eigenvalue weighted by atomic mass is 19.2. The summed E-state index contributed by atoms with van der Waals surface area (Å²) >= 11 is 0. The van der Waals surface area contributed by atoms with Crippen molar-refractivity contribution >= 4 is 35.3 Å². The molecular weight excluding hydrogens is 1150 g/mol. The topological polar surface area (TPSA) is 255 Å². The van der Waals surface area contributed by atoms with Crippen molar-refractivity contribution in [2.75, 3.05) is 13.2 Å². The average Bonchev–Trinajstić information content (AvgIpc) is 3.65. The summed E-state index contributed by atoms with van der Waals surface area (Å²) in [6.07, 6.45) is 0.955. The maximum absolute atomic E-state index is 13.9. The number of amides is 2. The number of rotatable bonds is 24. The Morgan fingerprint density at radius 1 is 0.523 bits per heavy atom. The summed E-state index contributed by atoms with van der Waals surface area (Å²) in [7, 11) is 0. The van der Waals surface area contributed by atoms with Gasteiger partial charge in [-0.3, -0.25) is 38.4 Å². The van der Waals surface area contributed by atoms with Gasteiger partial charge in [-0.15, -0.1) is 0 Å². The Bertz CT molecular complexity index is 3350. The van der Waals surface area contributed by atoms with Crippen LogP contribution in [0.4, 0.5) is 35.1 Å². The van der Waals surface area contributed by atoms with E-state index in [4.69, 9.17) is 0 Å². The molecule has 2 heterocycles. The van der Waals surface area contributed by atoms with E-state index in [0.717, 1.165) is 22.3 Å². The number of ketones is 2. The molecular formula is C60H62F8N6O12. The van der Waals surface area contributed by atoms with E-state index in [1.807, 2.05) is 90.1 Å². The molecule has 0 radical (unpaired) electrons. The average molecular weight is 1210 g/mol. The van der Waals surface area contributed by atoms with Crippen LogP contribution in [0.1, 0.15) is 126 Å². The Kier molecular flexibility index (Phi) is 22.9. The van der Waals surface area contributed by atoms with E-state index >= 15 is 0 Å². The normalized spacial score (nSPS) is 12.8. The van der Waals surface area contributed by atoms with Crippen molar-refractivity contribution in [3.63, 3.8) is 0 Å². The van der Waals surface area contributed by atoms with E-state index < -0.39 is 154 Å². The zero-order valence-electron chi connectivity index (χ0n) is 47.8. The minimum absolute atomic E-state index is 0.0420. The molecule has 86 heavy (non-hydrogen) atoms. The molecule has 26 heteroatoms. The molecule has 6 aromatic rings. The van der Waals surface area contributed by atoms with Gasteiger partial charge < -0.3 is 30.3 Å². The number of carbonyl (C=O) groups excluding carboxylic acids is 4. The zero-order valence-corrected chi connectivity index (χ0v) is 47.8. The van der Waals surface area contributed by atoms with Crippen LogP contribution in [-0.2, 0) is 52.7 Å². The Balaban J connectivity index is 0.000000314. The van der Waals surface area contributed by atoms with Crippen molar-refractivity contribution in [2.24, 2.45) is 0 Å². The summed E-state index contributed by atoms with van der Waals surface area (Å²) < 4.78 is 121. The largest absolute Gasteiger partial charge is 0.481 e. The Labute approximate surface area is 487 Å². The van der Waals surface area contributed by atoms with Crippen molar-refractivity contribution in [3.8, 4) is 11.5 Å². The van der Waals surface area contributed by atoms with E-state index in [2.05, 4.69) is 30.3 Å². The first-order valence-electron chi connectivity index (χ1n) is 26.6. The molecule has 0 aliphatic heterocycles. The van der Waals surface area contributed by atoms with Gasteiger partial charge in [0.25, 0.3) is 11.1 Å². The molecule has 0 aliphatic carbocycles. The molecule has 4 aromatic carbocycles. The van der Waals surface area contributed by atoms with Crippen molar-refractivity contribution in [3.05, 3.63) is 186 Å². The van der Waals surface area contributed by atoms with Crippen molar-refractivity contribution < 1.29 is 83.6 Å². The molecule has 460 valence electrons. The number of aromatic nitrogens is 4. The summed E-state index contributed by atoms with van der Waals surface area (Å²) in [4.78, 5) is 102. The van der Waals surface area contributed by atoms with Crippen molar-refractivity contribution in [2.45, 2.75) is 129 Å². The minimum atomic E-state index is -1.89. The number of Topliss-reactive ketones (excluding diaryl/α,β-unsaturated/α-hetero) is 2. The number of halogens is 8. The Hall–Kier alpha value is -9.10. The molecule has 0 bridgehead atoms. The minimum Gasteiger partial charge on any atom is -0.481 e. The van der Waals surface area contributed by atoms with Crippen LogP contribution in [0.25, 0.3) is 0 Å². The zero-order chi connectivity index (χ0) is 64.1. The molecule has 6 rings (SSSR count). The van der Waals surface area contributed by atoms with E-state index in [1.165, 1.54) is 33.9 Å². The van der Waals surface area contributed by atoms with Crippen LogP contribution in [0.3, 0.4) is 0 Å². The maximum Gasteiger partial charge on any atom is 0.305 e. The van der Waals surface area contributed by atoms with Gasteiger partial charge >= 0.3 is 11.9 Å². The van der Waals surface area contributed by atoms with Crippen LogP contribution in [-0.4, -0.2) is 90.4 Å². The van der Waals surface area contributed by atoms with Gasteiger partial charge in [0, 0.05) is 35.7 Å². The van der Waals surface area contributed by atoms with Crippen LogP contribution in [0.15, 0.2) is 94.8 Å². The van der Waals surface area contributed by atoms with Crippen molar-refractivity contribution in [1.29, 1.82) is 0 Å². The van der Waals surface area contributed by atoms with Gasteiger partial charge in [-0.25, -0.2) is 26.9 Å². The molecule has 18 nitrogen and oxygen atoms in total. The predicted octanol–water partition coefficient (Wildman–Crippen LogP) is 8.49. The van der Waals surface area contributed by atoms with Crippen LogP contribution in [0.5, 0.6) is 11.5 Å². The number of hydrogen-bond acceptors (Lipinski definition) is 12. The fourth-order valence-corrected chi connectivity index (χ4v) is 9.11. The molecule has 4 N–H and O–H groups in total. The molecule has 0 unspecified atom stereocenters. The molecule has 0 spiro atoms. The fourth-order valence-electron chi connectivity index (χ4n) is 9.11. The van der Waals surface area contributed by atoms with Crippen LogP contribution >= 0.6 is 0 Å². The number of nitrogens with zero attached hydrogens (tertiary/aromatic N) is 4. The van der Waals surface area contributed by atoms with Gasteiger partial charge in [-0.2, -0.15) is 27.8 Å². The SMILES string of the molecule is CC[C@@H](C(=O)N[C@@H](CC(=O)O)C(=O)COc1c(F)c(F)cc(F)c1F)c1ccnn(Cc2ccccc2C(C)(C)C)c1=O.CC[C@H](C(=O)N[C@@H](CC(=O)O)C(=O)COc1c(F)c(F)cc(F)c1F)c1ccnn(Cc2ccccc2C(C)(C)C)c1=O. The third kappa shape index (κ3) is 17.0. The highest BCUT2D eigenvalue weighted by Crippen LogP contribution is 2.30. The van der Waals surface area contributed by atoms with Gasteiger partial charge in [0.15, 0.2) is 46.3 Å².